The molecule has 1 saturated heterocycles. The highest BCUT2D eigenvalue weighted by atomic mass is 15.3. The van der Waals surface area contributed by atoms with E-state index in [0.29, 0.717) is 12.1 Å². The Kier molecular flexibility index (Phi) is 4.53. The topological polar surface area (TPSA) is 6.48 Å². The Hall–Kier alpha value is -2.58. The van der Waals surface area contributed by atoms with Gasteiger partial charge >= 0.3 is 0 Å². The summed E-state index contributed by atoms with van der Waals surface area (Å²) in [5, 5.41) is 0. The van der Waals surface area contributed by atoms with Gasteiger partial charge in [0.1, 0.15) is 0 Å². The molecule has 1 heterocycles. The number of likely N-dealkylation sites (tertiary alicyclic amines) is 1. The zero-order valence-electron chi connectivity index (χ0n) is 14.6. The van der Waals surface area contributed by atoms with Gasteiger partial charge in [-0.3, -0.25) is 4.90 Å². The number of anilines is 1. The molecule has 2 heteroatoms. The quantitative estimate of drug-likeness (QED) is 0.675. The van der Waals surface area contributed by atoms with Crippen molar-refractivity contribution in [2.45, 2.75) is 12.1 Å². The molecule has 0 amide bonds. The predicted octanol–water partition coefficient (Wildman–Crippen LogP) is 4.60. The van der Waals surface area contributed by atoms with Gasteiger partial charge in [-0.2, -0.15) is 0 Å². The molecule has 0 unspecified atom stereocenters. The maximum atomic E-state index is 2.58. The highest BCUT2D eigenvalue weighted by Gasteiger charge is 2.36. The van der Waals surface area contributed by atoms with Gasteiger partial charge in [-0.25, -0.2) is 0 Å². The zero-order valence-corrected chi connectivity index (χ0v) is 14.6. The van der Waals surface area contributed by atoms with Crippen LogP contribution in [0.15, 0.2) is 91.0 Å². The summed E-state index contributed by atoms with van der Waals surface area (Å²) in [6.07, 6.45) is 0. The van der Waals surface area contributed by atoms with Gasteiger partial charge in [0.25, 0.3) is 0 Å². The lowest BCUT2D eigenvalue weighted by molar-refractivity contribution is 0.111. The first-order valence-electron chi connectivity index (χ1n) is 8.95. The fraction of sp³-hybridized carbons (Fsp3) is 0.217. The molecule has 4 rings (SSSR count). The van der Waals surface area contributed by atoms with Crippen LogP contribution in [0.2, 0.25) is 0 Å². The molecule has 0 atom stereocenters. The van der Waals surface area contributed by atoms with Gasteiger partial charge in [0, 0.05) is 25.8 Å². The fourth-order valence-electron chi connectivity index (χ4n) is 3.70. The summed E-state index contributed by atoms with van der Waals surface area (Å²) in [7, 11) is 2.21. The molecule has 126 valence electrons. The molecule has 1 aliphatic rings. The third-order valence-corrected chi connectivity index (χ3v) is 5.20. The summed E-state index contributed by atoms with van der Waals surface area (Å²) in [5.41, 5.74) is 4.03. The highest BCUT2D eigenvalue weighted by molar-refractivity contribution is 5.47. The monoisotopic (exact) mass is 328 g/mol. The number of likely N-dealkylation sites (N-methyl/N-ethyl adjacent to an activating group) is 1. The molecule has 3 aromatic rings. The first kappa shape index (κ1) is 15.9. The van der Waals surface area contributed by atoms with Gasteiger partial charge in [-0.15, -0.1) is 0 Å². The van der Waals surface area contributed by atoms with Crippen molar-refractivity contribution in [3.63, 3.8) is 0 Å². The van der Waals surface area contributed by atoms with Crippen LogP contribution < -0.4 is 4.90 Å². The smallest absolute Gasteiger partial charge is 0.0603 e. The van der Waals surface area contributed by atoms with Crippen molar-refractivity contribution in [1.29, 1.82) is 0 Å². The summed E-state index contributed by atoms with van der Waals surface area (Å²) in [4.78, 5) is 4.98. The van der Waals surface area contributed by atoms with Crippen LogP contribution in [0.5, 0.6) is 0 Å². The van der Waals surface area contributed by atoms with Gasteiger partial charge in [-0.05, 0) is 23.3 Å². The molecule has 0 aliphatic carbocycles. The van der Waals surface area contributed by atoms with Crippen LogP contribution in [-0.4, -0.2) is 31.1 Å². The van der Waals surface area contributed by atoms with Gasteiger partial charge in [0.2, 0.25) is 0 Å². The Labute approximate surface area is 150 Å². The number of hydrogen-bond acceptors (Lipinski definition) is 2. The lowest BCUT2D eigenvalue weighted by Crippen LogP contribution is -2.59. The summed E-state index contributed by atoms with van der Waals surface area (Å²) < 4.78 is 0. The van der Waals surface area contributed by atoms with Crippen LogP contribution >= 0.6 is 0 Å². The molecule has 1 aliphatic heterocycles. The summed E-state index contributed by atoms with van der Waals surface area (Å²) in [6.45, 7) is 2.17. The normalized spacial score (nSPS) is 15.1. The van der Waals surface area contributed by atoms with Gasteiger partial charge in [0.05, 0.1) is 12.1 Å². The largest absolute Gasteiger partial charge is 0.369 e. The second-order valence-electron chi connectivity index (χ2n) is 6.78. The predicted molar refractivity (Wildman–Crippen MR) is 105 cm³/mol. The molecular weight excluding hydrogens is 304 g/mol. The van der Waals surface area contributed by atoms with E-state index < -0.39 is 0 Å². The minimum atomic E-state index is 0.336. The number of para-hydroxylation sites is 1. The molecule has 0 aromatic heterocycles. The van der Waals surface area contributed by atoms with Crippen molar-refractivity contribution in [2.75, 3.05) is 25.0 Å². The summed E-state index contributed by atoms with van der Waals surface area (Å²) in [6, 6.07) is 33.3. The molecule has 3 aromatic carbocycles. The van der Waals surface area contributed by atoms with E-state index in [4.69, 9.17) is 0 Å². The molecule has 25 heavy (non-hydrogen) atoms. The van der Waals surface area contributed by atoms with E-state index in [1.807, 2.05) is 0 Å². The van der Waals surface area contributed by atoms with E-state index in [0.717, 1.165) is 13.1 Å². The molecule has 0 N–H and O–H groups in total. The number of benzene rings is 3. The minimum absolute atomic E-state index is 0.336. The maximum absolute atomic E-state index is 2.58. The van der Waals surface area contributed by atoms with Gasteiger partial charge in [0.15, 0.2) is 0 Å². The molecule has 0 radical (unpaired) electrons. The number of hydrogen-bond donors (Lipinski definition) is 0. The van der Waals surface area contributed by atoms with E-state index in [1.165, 1.54) is 16.8 Å². The lowest BCUT2D eigenvalue weighted by Gasteiger charge is -2.48. The number of nitrogens with zero attached hydrogens (tertiary/aromatic N) is 2. The van der Waals surface area contributed by atoms with Crippen molar-refractivity contribution in [2.24, 2.45) is 0 Å². The van der Waals surface area contributed by atoms with Gasteiger partial charge in [-0.1, -0.05) is 78.9 Å². The summed E-state index contributed by atoms with van der Waals surface area (Å²) in [5.74, 6) is 0. The van der Waals surface area contributed by atoms with Crippen LogP contribution in [0.4, 0.5) is 5.69 Å². The highest BCUT2D eigenvalue weighted by Crippen LogP contribution is 2.34. The lowest BCUT2D eigenvalue weighted by atomic mass is 9.92. The van der Waals surface area contributed by atoms with Crippen LogP contribution in [0.3, 0.4) is 0 Å². The van der Waals surface area contributed by atoms with Crippen molar-refractivity contribution < 1.29 is 0 Å². The van der Waals surface area contributed by atoms with E-state index >= 15 is 0 Å². The van der Waals surface area contributed by atoms with Crippen molar-refractivity contribution in [3.8, 4) is 0 Å². The molecule has 2 nitrogen and oxygen atoms in total. The molecule has 0 bridgehead atoms. The molecular formula is C23H24N2. The summed E-state index contributed by atoms with van der Waals surface area (Å²) >= 11 is 0. The number of rotatable bonds is 5. The van der Waals surface area contributed by atoms with E-state index in [-0.39, 0.29) is 0 Å². The van der Waals surface area contributed by atoms with Crippen molar-refractivity contribution in [3.05, 3.63) is 102 Å². The van der Waals surface area contributed by atoms with Crippen LogP contribution in [-0.2, 0) is 0 Å². The average molecular weight is 328 g/mol. The molecule has 0 spiro atoms. The Balaban J connectivity index is 1.53. The second-order valence-corrected chi connectivity index (χ2v) is 6.78. The SMILES string of the molecule is CN(c1ccccc1)C1CN(C(c2ccccc2)c2ccccc2)C1. The van der Waals surface area contributed by atoms with E-state index in [2.05, 4.69) is 108 Å². The first-order chi connectivity index (χ1) is 12.3. The van der Waals surface area contributed by atoms with Gasteiger partial charge < -0.3 is 4.90 Å². The second kappa shape index (κ2) is 7.12. The standard InChI is InChI=1S/C23H24N2/c1-24(21-15-9-4-10-16-21)22-17-25(18-22)23(19-11-5-2-6-12-19)20-13-7-3-8-14-20/h2-16,22-23H,17-18H2,1H3. The first-order valence-corrected chi connectivity index (χ1v) is 8.95. The Morgan fingerprint density at radius 1 is 0.720 bits per heavy atom. The average Bonchev–Trinajstić information content (AvgIpc) is 2.66. The van der Waals surface area contributed by atoms with Crippen LogP contribution in [0.25, 0.3) is 0 Å². The van der Waals surface area contributed by atoms with Crippen LogP contribution in [0.1, 0.15) is 17.2 Å². The van der Waals surface area contributed by atoms with E-state index in [9.17, 15) is 0 Å². The fourth-order valence-corrected chi connectivity index (χ4v) is 3.70. The van der Waals surface area contributed by atoms with Crippen LogP contribution in [0, 0.1) is 0 Å². The third kappa shape index (κ3) is 3.31. The Morgan fingerprint density at radius 2 is 1.16 bits per heavy atom. The zero-order chi connectivity index (χ0) is 17.1. The third-order valence-electron chi connectivity index (χ3n) is 5.20. The maximum Gasteiger partial charge on any atom is 0.0603 e. The molecule has 1 fully saturated rings. The molecule has 0 saturated carbocycles. The minimum Gasteiger partial charge on any atom is -0.369 e. The Bertz CT molecular complexity index is 741. The van der Waals surface area contributed by atoms with Crippen molar-refractivity contribution >= 4 is 5.69 Å². The van der Waals surface area contributed by atoms with Crippen molar-refractivity contribution in [1.82, 2.24) is 4.90 Å². The van der Waals surface area contributed by atoms with E-state index in [1.54, 1.807) is 0 Å². The Morgan fingerprint density at radius 3 is 1.64 bits per heavy atom.